The molecule has 0 saturated carbocycles. The monoisotopic (exact) mass is 240 g/mol. The molecule has 3 atom stereocenters. The Balaban J connectivity index is 1.90. The highest BCUT2D eigenvalue weighted by Gasteiger charge is 2.34. The van der Waals surface area contributed by atoms with E-state index in [1.165, 1.54) is 6.42 Å². The maximum Gasteiger partial charge on any atom is 0.227 e. The summed E-state index contributed by atoms with van der Waals surface area (Å²) in [7, 11) is 1.74. The van der Waals surface area contributed by atoms with Gasteiger partial charge in [0.15, 0.2) is 0 Å². The standard InChI is InChI=1S/C13H24N2O2/c1-10-6-14-7-12(10)13(16)15-5-3-4-11(8-15)9-17-2/h10-12,14H,3-9H2,1-2H3. The summed E-state index contributed by atoms with van der Waals surface area (Å²) in [6.07, 6.45) is 2.31. The summed E-state index contributed by atoms with van der Waals surface area (Å²) in [6.45, 7) is 6.59. The third kappa shape index (κ3) is 2.99. The zero-order valence-corrected chi connectivity index (χ0v) is 10.9. The molecule has 0 aliphatic carbocycles. The predicted octanol–water partition coefficient (Wildman–Crippen LogP) is 0.727. The SMILES string of the molecule is COCC1CCCN(C(=O)C2CNCC2C)C1. The van der Waals surface area contributed by atoms with Crippen LogP contribution in [0.15, 0.2) is 0 Å². The van der Waals surface area contributed by atoms with Crippen molar-refractivity contribution in [3.63, 3.8) is 0 Å². The van der Waals surface area contributed by atoms with E-state index in [2.05, 4.69) is 17.1 Å². The molecule has 0 bridgehead atoms. The average Bonchev–Trinajstić information content (AvgIpc) is 2.75. The van der Waals surface area contributed by atoms with Gasteiger partial charge in [0.05, 0.1) is 12.5 Å². The number of likely N-dealkylation sites (tertiary alicyclic amines) is 1. The van der Waals surface area contributed by atoms with Crippen LogP contribution in [0.25, 0.3) is 0 Å². The molecule has 2 aliphatic heterocycles. The smallest absolute Gasteiger partial charge is 0.227 e. The Kier molecular flexibility index (Phi) is 4.40. The molecule has 0 aromatic carbocycles. The topological polar surface area (TPSA) is 41.6 Å². The quantitative estimate of drug-likeness (QED) is 0.790. The van der Waals surface area contributed by atoms with E-state index in [4.69, 9.17) is 4.74 Å². The van der Waals surface area contributed by atoms with Crippen molar-refractivity contribution in [2.75, 3.05) is 39.9 Å². The van der Waals surface area contributed by atoms with Crippen molar-refractivity contribution in [2.24, 2.45) is 17.8 Å². The van der Waals surface area contributed by atoms with Gasteiger partial charge < -0.3 is 15.0 Å². The van der Waals surface area contributed by atoms with Gasteiger partial charge in [-0.05, 0) is 31.2 Å². The molecule has 2 saturated heterocycles. The molecule has 1 amide bonds. The van der Waals surface area contributed by atoms with Crippen LogP contribution in [0.4, 0.5) is 0 Å². The van der Waals surface area contributed by atoms with Crippen molar-refractivity contribution in [3.05, 3.63) is 0 Å². The van der Waals surface area contributed by atoms with Crippen LogP contribution in [0.5, 0.6) is 0 Å². The zero-order valence-electron chi connectivity index (χ0n) is 10.9. The second kappa shape index (κ2) is 5.83. The number of rotatable bonds is 3. The van der Waals surface area contributed by atoms with Gasteiger partial charge in [-0.2, -0.15) is 0 Å². The summed E-state index contributed by atoms with van der Waals surface area (Å²) in [6, 6.07) is 0. The number of nitrogens with one attached hydrogen (secondary N) is 1. The first-order chi connectivity index (χ1) is 8.22. The fourth-order valence-corrected chi connectivity index (χ4v) is 3.01. The van der Waals surface area contributed by atoms with Gasteiger partial charge in [0.2, 0.25) is 5.91 Å². The Labute approximate surface area is 104 Å². The second-order valence-corrected chi connectivity index (χ2v) is 5.49. The van der Waals surface area contributed by atoms with Crippen molar-refractivity contribution >= 4 is 5.91 Å². The van der Waals surface area contributed by atoms with Crippen LogP contribution in [0.1, 0.15) is 19.8 Å². The molecule has 2 rings (SSSR count). The number of amides is 1. The van der Waals surface area contributed by atoms with E-state index in [9.17, 15) is 4.79 Å². The molecule has 2 aliphatic rings. The lowest BCUT2D eigenvalue weighted by Gasteiger charge is -2.34. The Morgan fingerprint density at radius 1 is 1.47 bits per heavy atom. The Hall–Kier alpha value is -0.610. The minimum Gasteiger partial charge on any atom is -0.384 e. The number of ether oxygens (including phenoxy) is 1. The van der Waals surface area contributed by atoms with Gasteiger partial charge in [0, 0.05) is 26.7 Å². The number of carbonyl (C=O) groups is 1. The van der Waals surface area contributed by atoms with Crippen molar-refractivity contribution in [1.29, 1.82) is 0 Å². The van der Waals surface area contributed by atoms with E-state index in [-0.39, 0.29) is 5.92 Å². The highest BCUT2D eigenvalue weighted by molar-refractivity contribution is 5.79. The van der Waals surface area contributed by atoms with Gasteiger partial charge in [-0.1, -0.05) is 6.92 Å². The molecule has 0 spiro atoms. The van der Waals surface area contributed by atoms with E-state index < -0.39 is 0 Å². The lowest BCUT2D eigenvalue weighted by atomic mass is 9.93. The first-order valence-corrected chi connectivity index (χ1v) is 6.70. The highest BCUT2D eigenvalue weighted by atomic mass is 16.5. The fraction of sp³-hybridized carbons (Fsp3) is 0.923. The summed E-state index contributed by atoms with van der Waals surface area (Å²) in [5, 5.41) is 3.31. The molecule has 0 aromatic rings. The lowest BCUT2D eigenvalue weighted by Crippen LogP contribution is -2.45. The molecular formula is C13H24N2O2. The number of nitrogens with zero attached hydrogens (tertiary/aromatic N) is 1. The number of carbonyl (C=O) groups excluding carboxylic acids is 1. The molecular weight excluding hydrogens is 216 g/mol. The largest absolute Gasteiger partial charge is 0.384 e. The number of hydrogen-bond donors (Lipinski definition) is 1. The van der Waals surface area contributed by atoms with Crippen molar-refractivity contribution in [1.82, 2.24) is 10.2 Å². The van der Waals surface area contributed by atoms with Gasteiger partial charge >= 0.3 is 0 Å². The third-order valence-electron chi connectivity index (χ3n) is 4.07. The molecule has 1 N–H and O–H groups in total. The third-order valence-corrected chi connectivity index (χ3v) is 4.07. The van der Waals surface area contributed by atoms with E-state index in [1.807, 2.05) is 0 Å². The zero-order chi connectivity index (χ0) is 12.3. The first kappa shape index (κ1) is 12.8. The van der Waals surface area contributed by atoms with Gasteiger partial charge in [0.25, 0.3) is 0 Å². The van der Waals surface area contributed by atoms with Crippen LogP contribution < -0.4 is 5.32 Å². The minimum absolute atomic E-state index is 0.191. The Morgan fingerprint density at radius 2 is 2.29 bits per heavy atom. The van der Waals surface area contributed by atoms with E-state index in [0.717, 1.165) is 39.2 Å². The van der Waals surface area contributed by atoms with Crippen molar-refractivity contribution < 1.29 is 9.53 Å². The molecule has 4 heteroatoms. The normalized spacial score (nSPS) is 34.0. The van der Waals surface area contributed by atoms with Gasteiger partial charge in [-0.3, -0.25) is 4.79 Å². The summed E-state index contributed by atoms with van der Waals surface area (Å²) >= 11 is 0. The van der Waals surface area contributed by atoms with Crippen LogP contribution >= 0.6 is 0 Å². The highest BCUT2D eigenvalue weighted by Crippen LogP contribution is 2.23. The van der Waals surface area contributed by atoms with Crippen molar-refractivity contribution in [3.8, 4) is 0 Å². The number of methoxy groups -OCH3 is 1. The van der Waals surface area contributed by atoms with Crippen LogP contribution in [0.2, 0.25) is 0 Å². The molecule has 4 nitrogen and oxygen atoms in total. The molecule has 0 aromatic heterocycles. The molecule has 2 fully saturated rings. The van der Waals surface area contributed by atoms with Crippen LogP contribution in [0.3, 0.4) is 0 Å². The van der Waals surface area contributed by atoms with Gasteiger partial charge in [0.1, 0.15) is 0 Å². The molecule has 17 heavy (non-hydrogen) atoms. The van der Waals surface area contributed by atoms with E-state index in [0.29, 0.717) is 17.7 Å². The Bertz CT molecular complexity index is 268. The van der Waals surface area contributed by atoms with Crippen molar-refractivity contribution in [2.45, 2.75) is 19.8 Å². The second-order valence-electron chi connectivity index (χ2n) is 5.49. The first-order valence-electron chi connectivity index (χ1n) is 6.70. The molecule has 2 heterocycles. The maximum atomic E-state index is 12.4. The number of piperidine rings is 1. The summed E-state index contributed by atoms with van der Waals surface area (Å²) in [4.78, 5) is 14.5. The summed E-state index contributed by atoms with van der Waals surface area (Å²) in [5.74, 6) is 1.55. The molecule has 0 radical (unpaired) electrons. The number of hydrogen-bond acceptors (Lipinski definition) is 3. The van der Waals surface area contributed by atoms with Gasteiger partial charge in [-0.15, -0.1) is 0 Å². The molecule has 3 unspecified atom stereocenters. The van der Waals surface area contributed by atoms with E-state index in [1.54, 1.807) is 7.11 Å². The Morgan fingerprint density at radius 3 is 2.94 bits per heavy atom. The van der Waals surface area contributed by atoms with Crippen LogP contribution in [-0.4, -0.2) is 50.7 Å². The average molecular weight is 240 g/mol. The van der Waals surface area contributed by atoms with E-state index >= 15 is 0 Å². The maximum absolute atomic E-state index is 12.4. The molecule has 98 valence electrons. The summed E-state index contributed by atoms with van der Waals surface area (Å²) < 4.78 is 5.21. The lowest BCUT2D eigenvalue weighted by molar-refractivity contribution is -0.138. The van der Waals surface area contributed by atoms with Gasteiger partial charge in [-0.25, -0.2) is 0 Å². The minimum atomic E-state index is 0.191. The summed E-state index contributed by atoms with van der Waals surface area (Å²) in [5.41, 5.74) is 0. The van der Waals surface area contributed by atoms with Crippen LogP contribution in [0, 0.1) is 17.8 Å². The van der Waals surface area contributed by atoms with Crippen LogP contribution in [-0.2, 0) is 9.53 Å². The fourth-order valence-electron chi connectivity index (χ4n) is 3.01. The predicted molar refractivity (Wildman–Crippen MR) is 66.7 cm³/mol.